The number of aromatic nitrogens is 1. The van der Waals surface area contributed by atoms with Crippen LogP contribution in [-0.2, 0) is 0 Å². The van der Waals surface area contributed by atoms with E-state index in [1.165, 1.54) is 4.57 Å². The molecule has 0 fully saturated rings. The molecule has 4 rings (SSSR count). The van der Waals surface area contributed by atoms with Gasteiger partial charge in [0.05, 0.1) is 11.3 Å². The third-order valence-corrected chi connectivity index (χ3v) is 4.91. The maximum Gasteiger partial charge on any atom is 0.267 e. The molecule has 29 heavy (non-hydrogen) atoms. The van der Waals surface area contributed by atoms with Gasteiger partial charge in [-0.2, -0.15) is 5.26 Å². The van der Waals surface area contributed by atoms with Gasteiger partial charge in [-0.1, -0.05) is 72.3 Å². The number of rotatable bonds is 3. The minimum atomic E-state index is -0.422. The highest BCUT2D eigenvalue weighted by Gasteiger charge is 2.24. The van der Waals surface area contributed by atoms with Crippen molar-refractivity contribution < 1.29 is 5.11 Å². The first-order chi connectivity index (χ1) is 14.1. The fourth-order valence-electron chi connectivity index (χ4n) is 3.34. The third-order valence-electron chi connectivity index (χ3n) is 4.66. The topological polar surface area (TPSA) is 66.0 Å². The quantitative estimate of drug-likeness (QED) is 0.502. The fourth-order valence-corrected chi connectivity index (χ4v) is 3.47. The Morgan fingerprint density at radius 1 is 0.828 bits per heavy atom. The summed E-state index contributed by atoms with van der Waals surface area (Å²) in [6.45, 7) is 0. The summed E-state index contributed by atoms with van der Waals surface area (Å²) in [5.41, 5.74) is 1.75. The second-order valence-corrected chi connectivity index (χ2v) is 6.84. The molecular formula is C24H15ClN2O2. The van der Waals surface area contributed by atoms with E-state index in [0.717, 1.165) is 0 Å². The number of nitriles is 1. The Morgan fingerprint density at radius 2 is 1.38 bits per heavy atom. The third kappa shape index (κ3) is 3.29. The van der Waals surface area contributed by atoms with Gasteiger partial charge in [-0.05, 0) is 29.8 Å². The molecule has 0 bridgehead atoms. The molecule has 4 nitrogen and oxygen atoms in total. The van der Waals surface area contributed by atoms with Gasteiger partial charge in [0.2, 0.25) is 0 Å². The van der Waals surface area contributed by atoms with Crippen LogP contribution in [0.15, 0.2) is 89.7 Å². The highest BCUT2D eigenvalue weighted by molar-refractivity contribution is 6.30. The van der Waals surface area contributed by atoms with Crippen LogP contribution in [-0.4, -0.2) is 9.67 Å². The molecular weight excluding hydrogens is 384 g/mol. The van der Waals surface area contributed by atoms with E-state index in [2.05, 4.69) is 6.07 Å². The minimum absolute atomic E-state index is 0.0320. The summed E-state index contributed by atoms with van der Waals surface area (Å²) in [7, 11) is 0. The van der Waals surface area contributed by atoms with Gasteiger partial charge in [-0.25, -0.2) is 0 Å². The molecule has 0 spiro atoms. The predicted molar refractivity (Wildman–Crippen MR) is 114 cm³/mol. The van der Waals surface area contributed by atoms with Gasteiger partial charge in [0, 0.05) is 16.3 Å². The summed E-state index contributed by atoms with van der Waals surface area (Å²) >= 11 is 6.03. The van der Waals surface area contributed by atoms with Crippen LogP contribution in [0.5, 0.6) is 5.75 Å². The van der Waals surface area contributed by atoms with Gasteiger partial charge < -0.3 is 5.11 Å². The van der Waals surface area contributed by atoms with E-state index in [1.807, 2.05) is 24.3 Å². The zero-order valence-corrected chi connectivity index (χ0v) is 16.0. The number of nitrogens with zero attached hydrogens (tertiary/aromatic N) is 2. The van der Waals surface area contributed by atoms with Crippen molar-refractivity contribution >= 4 is 11.6 Å². The van der Waals surface area contributed by atoms with Crippen molar-refractivity contribution in [3.05, 3.63) is 106 Å². The van der Waals surface area contributed by atoms with Crippen molar-refractivity contribution in [1.29, 1.82) is 5.26 Å². The molecule has 0 unspecified atom stereocenters. The van der Waals surface area contributed by atoms with Crippen LogP contribution in [0.3, 0.4) is 0 Å². The summed E-state index contributed by atoms with van der Waals surface area (Å²) in [6, 6.07) is 26.8. The van der Waals surface area contributed by atoms with Gasteiger partial charge in [-0.15, -0.1) is 0 Å². The average molecular weight is 399 g/mol. The zero-order valence-electron chi connectivity index (χ0n) is 15.2. The van der Waals surface area contributed by atoms with Gasteiger partial charge in [-0.3, -0.25) is 9.36 Å². The van der Waals surface area contributed by atoms with Crippen molar-refractivity contribution in [3.63, 3.8) is 0 Å². The van der Waals surface area contributed by atoms with Gasteiger partial charge in [0.15, 0.2) is 0 Å². The Labute approximate surface area is 172 Å². The molecule has 0 saturated carbocycles. The first kappa shape index (κ1) is 18.5. The van der Waals surface area contributed by atoms with E-state index >= 15 is 0 Å². The molecule has 0 radical (unpaired) electrons. The molecule has 3 aromatic carbocycles. The normalized spacial score (nSPS) is 10.5. The molecule has 4 aromatic rings. The zero-order chi connectivity index (χ0) is 20.4. The first-order valence-corrected chi connectivity index (χ1v) is 9.28. The van der Waals surface area contributed by atoms with Gasteiger partial charge in [0.25, 0.3) is 5.56 Å². The van der Waals surface area contributed by atoms with Gasteiger partial charge >= 0.3 is 0 Å². The van der Waals surface area contributed by atoms with Crippen LogP contribution in [0.1, 0.15) is 5.56 Å². The highest BCUT2D eigenvalue weighted by Crippen LogP contribution is 2.36. The number of halogens is 1. The number of hydrogen-bond acceptors (Lipinski definition) is 3. The van der Waals surface area contributed by atoms with Crippen molar-refractivity contribution in [1.82, 2.24) is 4.57 Å². The van der Waals surface area contributed by atoms with Crippen LogP contribution in [0, 0.1) is 11.3 Å². The molecule has 0 atom stereocenters. The molecule has 1 aromatic heterocycles. The van der Waals surface area contributed by atoms with Crippen LogP contribution >= 0.6 is 11.6 Å². The van der Waals surface area contributed by atoms with E-state index < -0.39 is 5.56 Å². The van der Waals surface area contributed by atoms with Gasteiger partial charge in [0.1, 0.15) is 17.4 Å². The highest BCUT2D eigenvalue weighted by atomic mass is 35.5. The second kappa shape index (κ2) is 7.67. The molecule has 1 heterocycles. The number of pyridine rings is 1. The molecule has 5 heteroatoms. The van der Waals surface area contributed by atoms with Crippen molar-refractivity contribution in [2.24, 2.45) is 0 Å². The Kier molecular flexibility index (Phi) is 4.90. The molecule has 0 aliphatic carbocycles. The molecule has 140 valence electrons. The van der Waals surface area contributed by atoms with E-state index in [0.29, 0.717) is 27.5 Å². The summed E-state index contributed by atoms with van der Waals surface area (Å²) < 4.78 is 1.45. The Morgan fingerprint density at radius 3 is 1.93 bits per heavy atom. The summed E-state index contributed by atoms with van der Waals surface area (Å²) in [5.74, 6) is -0.326. The number of hydrogen-bond donors (Lipinski definition) is 1. The monoisotopic (exact) mass is 398 g/mol. The molecule has 0 aliphatic rings. The Bertz CT molecular complexity index is 1270. The smallest absolute Gasteiger partial charge is 0.267 e. The predicted octanol–water partition coefficient (Wildman–Crippen LogP) is 5.40. The lowest BCUT2D eigenvalue weighted by molar-refractivity contribution is 0.473. The lowest BCUT2D eigenvalue weighted by Gasteiger charge is -2.18. The van der Waals surface area contributed by atoms with Crippen molar-refractivity contribution in [3.8, 4) is 39.9 Å². The lowest BCUT2D eigenvalue weighted by atomic mass is 9.98. The number of benzene rings is 3. The van der Waals surface area contributed by atoms with Crippen molar-refractivity contribution in [2.75, 3.05) is 0 Å². The van der Waals surface area contributed by atoms with E-state index in [-0.39, 0.29) is 16.9 Å². The summed E-state index contributed by atoms with van der Waals surface area (Å²) in [6.07, 6.45) is 0. The average Bonchev–Trinajstić information content (AvgIpc) is 2.76. The molecule has 0 amide bonds. The fraction of sp³-hybridized carbons (Fsp3) is 0. The van der Waals surface area contributed by atoms with E-state index in [4.69, 9.17) is 11.6 Å². The SMILES string of the molecule is N#Cc1c(O)c(-c2ccccc2)c(=O)n(-c2ccc(Cl)cc2)c1-c1ccccc1. The Balaban J connectivity index is 2.18. The molecule has 1 N–H and O–H groups in total. The molecule has 0 aliphatic heterocycles. The first-order valence-electron chi connectivity index (χ1n) is 8.90. The standard InChI is InChI=1S/C24H15ClN2O2/c25-18-11-13-19(14-12-18)27-22(17-9-5-2-6-10-17)20(15-26)23(28)21(24(27)29)16-7-3-1-4-8-16/h1-14,28H. The minimum Gasteiger partial charge on any atom is -0.506 e. The lowest BCUT2D eigenvalue weighted by Crippen LogP contribution is -2.23. The second-order valence-electron chi connectivity index (χ2n) is 6.41. The summed E-state index contributed by atoms with van der Waals surface area (Å²) in [4.78, 5) is 13.6. The van der Waals surface area contributed by atoms with Crippen LogP contribution in [0.2, 0.25) is 5.02 Å². The summed E-state index contributed by atoms with van der Waals surface area (Å²) in [5, 5.41) is 21.3. The van der Waals surface area contributed by atoms with E-state index in [9.17, 15) is 15.2 Å². The van der Waals surface area contributed by atoms with E-state index in [1.54, 1.807) is 60.7 Å². The van der Waals surface area contributed by atoms with Crippen LogP contribution in [0.25, 0.3) is 28.1 Å². The Hall–Kier alpha value is -3.81. The van der Waals surface area contributed by atoms with Crippen LogP contribution in [0.4, 0.5) is 0 Å². The largest absolute Gasteiger partial charge is 0.506 e. The van der Waals surface area contributed by atoms with Crippen molar-refractivity contribution in [2.45, 2.75) is 0 Å². The maximum absolute atomic E-state index is 13.6. The maximum atomic E-state index is 13.6. The molecule has 0 saturated heterocycles. The number of aromatic hydroxyl groups is 1. The van der Waals surface area contributed by atoms with Crippen LogP contribution < -0.4 is 5.56 Å².